The molecule has 0 aliphatic rings. The van der Waals surface area contributed by atoms with Gasteiger partial charge in [0.05, 0.1) is 5.38 Å². The van der Waals surface area contributed by atoms with E-state index in [4.69, 9.17) is 34.8 Å². The van der Waals surface area contributed by atoms with E-state index in [9.17, 15) is 17.6 Å². The second-order valence-electron chi connectivity index (χ2n) is 5.44. The van der Waals surface area contributed by atoms with Crippen LogP contribution in [-0.2, 0) is 23.4 Å². The molecule has 0 aromatic carbocycles. The van der Waals surface area contributed by atoms with Crippen molar-refractivity contribution < 1.29 is 48.5 Å². The molecule has 2 aromatic heterocycles. The van der Waals surface area contributed by atoms with E-state index in [-0.39, 0.29) is 49.0 Å². The normalized spacial score (nSPS) is 12.5. The van der Waals surface area contributed by atoms with Crippen LogP contribution in [0.25, 0.3) is 0 Å². The smallest absolute Gasteiger partial charge is 0.796 e. The molecule has 12 heteroatoms. The fourth-order valence-electron chi connectivity index (χ4n) is 1.76. The fourth-order valence-corrected chi connectivity index (χ4v) is 2.52. The number of pyridine rings is 2. The Morgan fingerprint density at radius 1 is 0.903 bits per heavy atom. The Hall–Kier alpha value is 0.590. The van der Waals surface area contributed by atoms with Crippen molar-refractivity contribution in [1.29, 1.82) is 0 Å². The van der Waals surface area contributed by atoms with Crippen molar-refractivity contribution in [3.8, 4) is 0 Å². The number of nitrogens with zero attached hydrogens (tertiary/aromatic N) is 2. The molecular weight excluding hydrogens is 526 g/mol. The van der Waals surface area contributed by atoms with Crippen LogP contribution in [0, 0.1) is 0 Å². The summed E-state index contributed by atoms with van der Waals surface area (Å²) in [6.45, 7) is 3.72. The van der Waals surface area contributed by atoms with Crippen LogP contribution in [0.2, 0.25) is 0 Å². The maximum atomic E-state index is 12.6. The van der Waals surface area contributed by atoms with Crippen molar-refractivity contribution in [3.05, 3.63) is 59.2 Å². The van der Waals surface area contributed by atoms with Crippen molar-refractivity contribution in [2.45, 2.75) is 42.7 Å². The standard InChI is InChI=1S/C9H10ClF2NS.C8H7Cl2F2N.CH4S.CH4.Na.H2/c1-6(14-2)7-3-4-8(13-5-7)9(10,11)12;1-5(9)6-2-3-7(13-4-6)8(10,11)12;1-2;;;/h3-6H,1-2H3;2-5H,1H3;2H,1H3;1H4;;1H/q;;;;+1;/p-1/i;;;;;1+1. The summed E-state index contributed by atoms with van der Waals surface area (Å²) in [5.74, 6) is 0. The molecule has 0 aliphatic heterocycles. The topological polar surface area (TPSA) is 25.8 Å². The molecule has 2 heterocycles. The molecule has 0 spiro atoms. The molecule has 0 bridgehead atoms. The monoisotopic (exact) mass is 551 g/mol. The number of hydrogen-bond acceptors (Lipinski definition) is 4. The Labute approximate surface area is 230 Å². The second kappa shape index (κ2) is 17.1. The molecular formula is C19H26Cl3F4N2NaS2. The van der Waals surface area contributed by atoms with Crippen LogP contribution < -0.4 is 29.6 Å². The molecule has 2 aromatic rings. The molecule has 2 nitrogen and oxygen atoms in total. The summed E-state index contributed by atoms with van der Waals surface area (Å²) in [5.41, 5.74) is 0.736. The van der Waals surface area contributed by atoms with Crippen LogP contribution in [0.3, 0.4) is 0 Å². The molecule has 2 unspecified atom stereocenters. The van der Waals surface area contributed by atoms with Gasteiger partial charge in [-0.1, -0.05) is 19.6 Å². The van der Waals surface area contributed by atoms with E-state index in [1.54, 1.807) is 31.0 Å². The Bertz CT molecular complexity index is 720. The summed E-state index contributed by atoms with van der Waals surface area (Å²) in [6.07, 6.45) is 6.27. The van der Waals surface area contributed by atoms with Gasteiger partial charge in [-0.05, 0) is 66.6 Å². The van der Waals surface area contributed by atoms with E-state index in [0.29, 0.717) is 5.56 Å². The molecule has 0 N–H and O–H groups in total. The Kier molecular flexibility index (Phi) is 19.9. The molecule has 0 amide bonds. The van der Waals surface area contributed by atoms with Gasteiger partial charge < -0.3 is 12.6 Å². The summed E-state index contributed by atoms with van der Waals surface area (Å²) in [6, 6.07) is 5.53. The molecule has 2 rings (SSSR count). The van der Waals surface area contributed by atoms with Gasteiger partial charge in [0.25, 0.3) is 0 Å². The van der Waals surface area contributed by atoms with Gasteiger partial charge in [-0.2, -0.15) is 35.6 Å². The second-order valence-corrected chi connectivity index (χ2v) is 8.23. The molecule has 0 fully saturated rings. The van der Waals surface area contributed by atoms with Gasteiger partial charge in [-0.15, -0.1) is 11.6 Å². The number of hydrogen-bond donors (Lipinski definition) is 0. The average Bonchev–Trinajstić information content (AvgIpc) is 2.68. The van der Waals surface area contributed by atoms with Crippen LogP contribution in [0.15, 0.2) is 36.7 Å². The van der Waals surface area contributed by atoms with Gasteiger partial charge in [0.2, 0.25) is 0 Å². The zero-order valence-electron chi connectivity index (χ0n) is 17.0. The third-order valence-electron chi connectivity index (χ3n) is 3.44. The molecule has 0 aliphatic carbocycles. The SMILES string of the molecule is C.CC(Cl)c1ccc(C(F)(F)Cl)nc1.CSC(C)c1ccc(C(F)(F)Cl)nc1.C[S-].[2HH].[Na+]. The van der Waals surface area contributed by atoms with Gasteiger partial charge in [-0.3, -0.25) is 9.97 Å². The van der Waals surface area contributed by atoms with Crippen LogP contribution in [0.1, 0.15) is 55.8 Å². The van der Waals surface area contributed by atoms with Gasteiger partial charge in [0.15, 0.2) is 0 Å². The predicted molar refractivity (Wildman–Crippen MR) is 126 cm³/mol. The molecule has 31 heavy (non-hydrogen) atoms. The van der Waals surface area contributed by atoms with E-state index >= 15 is 0 Å². The summed E-state index contributed by atoms with van der Waals surface area (Å²) >= 11 is 21.0. The van der Waals surface area contributed by atoms with Crippen LogP contribution in [-0.4, -0.2) is 22.5 Å². The molecule has 0 radical (unpaired) electrons. The van der Waals surface area contributed by atoms with E-state index in [2.05, 4.69) is 22.6 Å². The third kappa shape index (κ3) is 13.8. The summed E-state index contributed by atoms with van der Waals surface area (Å²) in [5, 5.41) is -6.78. The number of alkyl halides is 7. The maximum Gasteiger partial charge on any atom is 1.00 e. The fraction of sp³-hybridized carbons (Fsp3) is 0.474. The molecule has 2 atom stereocenters. The van der Waals surface area contributed by atoms with E-state index in [0.717, 1.165) is 5.56 Å². The third-order valence-corrected chi connectivity index (χ3v) is 5.05. The van der Waals surface area contributed by atoms with E-state index in [1.807, 2.05) is 13.2 Å². The van der Waals surface area contributed by atoms with Crippen LogP contribution in [0.4, 0.5) is 17.6 Å². The first-order valence-corrected chi connectivity index (χ1v) is 11.3. The summed E-state index contributed by atoms with van der Waals surface area (Å²) < 4.78 is 50.0. The number of aromatic nitrogens is 2. The molecule has 0 saturated carbocycles. The minimum atomic E-state index is -3.41. The van der Waals surface area contributed by atoms with Crippen molar-refractivity contribution in [2.75, 3.05) is 12.5 Å². The minimum Gasteiger partial charge on any atom is -0.796 e. The van der Waals surface area contributed by atoms with Gasteiger partial charge in [0.1, 0.15) is 11.4 Å². The zero-order valence-corrected chi connectivity index (χ0v) is 22.9. The zero-order chi connectivity index (χ0) is 22.8. The van der Waals surface area contributed by atoms with Crippen molar-refractivity contribution in [1.82, 2.24) is 9.97 Å². The number of thioether (sulfide) groups is 1. The van der Waals surface area contributed by atoms with E-state index in [1.165, 1.54) is 30.6 Å². The molecule has 174 valence electrons. The largest absolute Gasteiger partial charge is 1.00 e. The Balaban J connectivity index is -0.000000209. The van der Waals surface area contributed by atoms with Crippen LogP contribution in [0.5, 0.6) is 0 Å². The average molecular weight is 553 g/mol. The number of halogens is 7. The van der Waals surface area contributed by atoms with Gasteiger partial charge in [0, 0.05) is 19.1 Å². The van der Waals surface area contributed by atoms with Crippen molar-refractivity contribution in [3.63, 3.8) is 0 Å². The van der Waals surface area contributed by atoms with Crippen molar-refractivity contribution >= 4 is 59.2 Å². The summed E-state index contributed by atoms with van der Waals surface area (Å²) in [4.78, 5) is 7.13. The van der Waals surface area contributed by atoms with Crippen molar-refractivity contribution in [2.24, 2.45) is 0 Å². The predicted octanol–water partition coefficient (Wildman–Crippen LogP) is 5.51. The maximum absolute atomic E-state index is 12.6. The summed E-state index contributed by atoms with van der Waals surface area (Å²) in [7, 11) is 0. The Morgan fingerprint density at radius 3 is 1.48 bits per heavy atom. The van der Waals surface area contributed by atoms with Gasteiger partial charge >= 0.3 is 40.3 Å². The first-order valence-electron chi connectivity index (χ1n) is 8.00. The minimum absolute atomic E-state index is 0. The quantitative estimate of drug-likeness (QED) is 0.211. The molecule has 0 saturated heterocycles. The van der Waals surface area contributed by atoms with E-state index < -0.39 is 22.2 Å². The number of rotatable bonds is 5. The van der Waals surface area contributed by atoms with Crippen LogP contribution >= 0.6 is 46.6 Å². The Morgan fingerprint density at radius 2 is 1.26 bits per heavy atom. The van der Waals surface area contributed by atoms with Gasteiger partial charge in [-0.25, -0.2) is 0 Å². The first-order chi connectivity index (χ1) is 13.4. The first kappa shape index (κ1) is 36.2.